The van der Waals surface area contributed by atoms with Gasteiger partial charge in [-0.15, -0.1) is 0 Å². The number of esters is 1. The summed E-state index contributed by atoms with van der Waals surface area (Å²) in [5, 5.41) is 5.55. The van der Waals surface area contributed by atoms with Gasteiger partial charge in [0.15, 0.2) is 0 Å². The van der Waals surface area contributed by atoms with Crippen LogP contribution >= 0.6 is 0 Å². The SMILES string of the molecule is CCOC(=O)CCNC(=O)C(c1ccc(CC)cc1)N(C(=O)C(NC(=O)OC(C)(C)C)C(C)CC)C(C)C. The topological polar surface area (TPSA) is 114 Å². The molecule has 1 aromatic carbocycles. The highest BCUT2D eigenvalue weighted by Crippen LogP contribution is 2.27. The molecule has 2 N–H and O–H groups in total. The van der Waals surface area contributed by atoms with Gasteiger partial charge in [-0.25, -0.2) is 4.79 Å². The molecule has 0 aliphatic carbocycles. The highest BCUT2D eigenvalue weighted by atomic mass is 16.6. The third-order valence-electron chi connectivity index (χ3n) is 6.13. The van der Waals surface area contributed by atoms with Gasteiger partial charge >= 0.3 is 12.1 Å². The first-order valence-electron chi connectivity index (χ1n) is 13.6. The number of rotatable bonds is 13. The van der Waals surface area contributed by atoms with Crippen molar-refractivity contribution in [1.29, 1.82) is 0 Å². The van der Waals surface area contributed by atoms with Gasteiger partial charge < -0.3 is 25.0 Å². The Kier molecular flexibility index (Phi) is 13.3. The van der Waals surface area contributed by atoms with E-state index >= 15 is 0 Å². The predicted molar refractivity (Wildman–Crippen MR) is 147 cm³/mol. The summed E-state index contributed by atoms with van der Waals surface area (Å²) in [5.74, 6) is -1.43. The maximum absolute atomic E-state index is 14.1. The van der Waals surface area contributed by atoms with Gasteiger partial charge in [-0.1, -0.05) is 51.5 Å². The molecular formula is C29H47N3O6. The second-order valence-corrected chi connectivity index (χ2v) is 10.7. The molecule has 38 heavy (non-hydrogen) atoms. The summed E-state index contributed by atoms with van der Waals surface area (Å²) in [7, 11) is 0. The normalized spacial score (nSPS) is 13.7. The molecule has 0 bridgehead atoms. The lowest BCUT2D eigenvalue weighted by molar-refractivity contribution is -0.146. The maximum Gasteiger partial charge on any atom is 0.408 e. The van der Waals surface area contributed by atoms with E-state index < -0.39 is 35.7 Å². The Morgan fingerprint density at radius 2 is 1.58 bits per heavy atom. The Labute approximate surface area is 228 Å². The summed E-state index contributed by atoms with van der Waals surface area (Å²) in [6, 6.07) is 5.31. The summed E-state index contributed by atoms with van der Waals surface area (Å²) in [4.78, 5) is 53.7. The Balaban J connectivity index is 3.41. The molecule has 0 aliphatic heterocycles. The minimum Gasteiger partial charge on any atom is -0.466 e. The molecule has 0 heterocycles. The van der Waals surface area contributed by atoms with Crippen LogP contribution in [0.4, 0.5) is 4.79 Å². The van der Waals surface area contributed by atoms with E-state index in [4.69, 9.17) is 9.47 Å². The standard InChI is InChI=1S/C29H47N3O6/c1-10-20(6)24(31-28(36)38-29(7,8)9)27(35)32(19(4)5)25(22-15-13-21(11-2)14-16-22)26(34)30-18-17-23(33)37-12-3/h13-16,19-20,24-25H,10-12,17-18H2,1-9H3,(H,30,34)(H,31,36). The number of nitrogens with one attached hydrogen (secondary N) is 2. The van der Waals surface area contributed by atoms with E-state index in [0.29, 0.717) is 12.0 Å². The molecule has 0 spiro atoms. The maximum atomic E-state index is 14.1. The first-order valence-corrected chi connectivity index (χ1v) is 13.6. The number of hydrogen-bond acceptors (Lipinski definition) is 6. The molecule has 0 radical (unpaired) electrons. The van der Waals surface area contributed by atoms with E-state index in [0.717, 1.165) is 12.0 Å². The lowest BCUT2D eigenvalue weighted by Gasteiger charge is -2.38. The third kappa shape index (κ3) is 10.3. The van der Waals surface area contributed by atoms with Crippen molar-refractivity contribution < 1.29 is 28.7 Å². The van der Waals surface area contributed by atoms with Crippen LogP contribution in [-0.2, 0) is 30.3 Å². The zero-order chi connectivity index (χ0) is 29.0. The van der Waals surface area contributed by atoms with Crippen molar-refractivity contribution in [2.75, 3.05) is 13.2 Å². The van der Waals surface area contributed by atoms with E-state index in [1.165, 1.54) is 4.90 Å². The molecule has 0 aromatic heterocycles. The molecule has 1 rings (SSSR count). The molecule has 0 saturated heterocycles. The van der Waals surface area contributed by atoms with E-state index in [-0.39, 0.29) is 37.4 Å². The van der Waals surface area contributed by atoms with Gasteiger partial charge in [0, 0.05) is 12.6 Å². The lowest BCUT2D eigenvalue weighted by atomic mass is 9.94. The van der Waals surface area contributed by atoms with Crippen molar-refractivity contribution >= 4 is 23.9 Å². The van der Waals surface area contributed by atoms with Gasteiger partial charge in [-0.05, 0) is 65.0 Å². The highest BCUT2D eigenvalue weighted by Gasteiger charge is 2.39. The van der Waals surface area contributed by atoms with Crippen molar-refractivity contribution in [3.8, 4) is 0 Å². The molecule has 0 fully saturated rings. The average molecular weight is 534 g/mol. The molecule has 1 aromatic rings. The van der Waals surface area contributed by atoms with E-state index in [9.17, 15) is 19.2 Å². The average Bonchev–Trinajstić information content (AvgIpc) is 2.83. The minimum absolute atomic E-state index is 0.0202. The number of benzene rings is 1. The fraction of sp³-hybridized carbons (Fsp3) is 0.655. The molecule has 3 amide bonds. The van der Waals surface area contributed by atoms with Crippen molar-refractivity contribution in [1.82, 2.24) is 15.5 Å². The Hall–Kier alpha value is -3.10. The van der Waals surface area contributed by atoms with Crippen molar-refractivity contribution in [2.24, 2.45) is 5.92 Å². The largest absolute Gasteiger partial charge is 0.466 e. The molecule has 0 saturated carbocycles. The number of carbonyl (C=O) groups excluding carboxylic acids is 4. The predicted octanol–water partition coefficient (Wildman–Crippen LogP) is 4.54. The van der Waals surface area contributed by atoms with Crippen LogP contribution in [0.3, 0.4) is 0 Å². The molecule has 214 valence electrons. The number of hydrogen-bond donors (Lipinski definition) is 2. The second-order valence-electron chi connectivity index (χ2n) is 10.7. The van der Waals surface area contributed by atoms with Gasteiger partial charge in [0.2, 0.25) is 11.8 Å². The van der Waals surface area contributed by atoms with Crippen LogP contribution in [0.1, 0.15) is 92.3 Å². The highest BCUT2D eigenvalue weighted by molar-refractivity contribution is 5.92. The van der Waals surface area contributed by atoms with Crippen LogP contribution in [0.15, 0.2) is 24.3 Å². The monoisotopic (exact) mass is 533 g/mol. The fourth-order valence-corrected chi connectivity index (χ4v) is 3.95. The quantitative estimate of drug-likeness (QED) is 0.360. The summed E-state index contributed by atoms with van der Waals surface area (Å²) in [6.07, 6.45) is 0.786. The Bertz CT molecular complexity index is 923. The fourth-order valence-electron chi connectivity index (χ4n) is 3.95. The third-order valence-corrected chi connectivity index (χ3v) is 6.13. The van der Waals surface area contributed by atoms with Gasteiger partial charge in [0.25, 0.3) is 0 Å². The van der Waals surface area contributed by atoms with Crippen molar-refractivity contribution in [2.45, 2.75) is 105 Å². The van der Waals surface area contributed by atoms with Crippen LogP contribution in [0, 0.1) is 5.92 Å². The zero-order valence-electron chi connectivity index (χ0n) is 24.6. The van der Waals surface area contributed by atoms with Crippen molar-refractivity contribution in [3.63, 3.8) is 0 Å². The van der Waals surface area contributed by atoms with E-state index in [1.54, 1.807) is 27.7 Å². The van der Waals surface area contributed by atoms with E-state index in [2.05, 4.69) is 10.6 Å². The first kappa shape index (κ1) is 32.9. The number of amides is 3. The minimum atomic E-state index is -0.970. The zero-order valence-corrected chi connectivity index (χ0v) is 24.6. The molecule has 3 atom stereocenters. The second kappa shape index (κ2) is 15.3. The molecule has 9 nitrogen and oxygen atoms in total. The number of carbonyl (C=O) groups is 4. The van der Waals surface area contributed by atoms with Gasteiger partial charge in [-0.2, -0.15) is 0 Å². The number of aryl methyl sites for hydroxylation is 1. The van der Waals surface area contributed by atoms with Crippen LogP contribution < -0.4 is 10.6 Å². The van der Waals surface area contributed by atoms with Crippen molar-refractivity contribution in [3.05, 3.63) is 35.4 Å². The Morgan fingerprint density at radius 3 is 2.05 bits per heavy atom. The molecule has 9 heteroatoms. The molecular weight excluding hydrogens is 486 g/mol. The van der Waals surface area contributed by atoms with Crippen LogP contribution in [0.2, 0.25) is 0 Å². The number of nitrogens with zero attached hydrogens (tertiary/aromatic N) is 1. The van der Waals surface area contributed by atoms with Gasteiger partial charge in [0.1, 0.15) is 17.7 Å². The van der Waals surface area contributed by atoms with Gasteiger partial charge in [-0.3, -0.25) is 14.4 Å². The molecule has 0 aliphatic rings. The number of alkyl carbamates (subject to hydrolysis) is 1. The first-order chi connectivity index (χ1) is 17.7. The summed E-state index contributed by atoms with van der Waals surface area (Å²) in [5.41, 5.74) is 1.01. The molecule has 3 unspecified atom stereocenters. The summed E-state index contributed by atoms with van der Waals surface area (Å²) in [6.45, 7) is 16.8. The van der Waals surface area contributed by atoms with E-state index in [1.807, 2.05) is 58.9 Å². The van der Waals surface area contributed by atoms with Crippen LogP contribution in [-0.4, -0.2) is 59.6 Å². The van der Waals surface area contributed by atoms with Crippen LogP contribution in [0.25, 0.3) is 0 Å². The van der Waals surface area contributed by atoms with Crippen LogP contribution in [0.5, 0.6) is 0 Å². The Morgan fingerprint density at radius 1 is 0.974 bits per heavy atom. The summed E-state index contributed by atoms with van der Waals surface area (Å²) >= 11 is 0. The smallest absolute Gasteiger partial charge is 0.408 e. The lowest BCUT2D eigenvalue weighted by Crippen LogP contribution is -2.57. The van der Waals surface area contributed by atoms with Gasteiger partial charge in [0.05, 0.1) is 13.0 Å². The summed E-state index contributed by atoms with van der Waals surface area (Å²) < 4.78 is 10.4. The number of ether oxygens (including phenoxy) is 2.